The quantitative estimate of drug-likeness (QED) is 0.768. The Morgan fingerprint density at radius 2 is 1.89 bits per heavy atom. The summed E-state index contributed by atoms with van der Waals surface area (Å²) in [6.45, 7) is 0. The van der Waals surface area contributed by atoms with Gasteiger partial charge in [0, 0.05) is 11.1 Å². The number of rotatable bonds is 5. The number of ether oxygens (including phenoxy) is 1. The van der Waals surface area contributed by atoms with Crippen LogP contribution in [0.1, 0.15) is 21.5 Å². The molecule has 0 radical (unpaired) electrons. The molecule has 2 rings (SSSR count). The predicted molar refractivity (Wildman–Crippen MR) is 72.2 cm³/mol. The number of carbonyl (C=O) groups is 1. The highest BCUT2D eigenvalue weighted by Crippen LogP contribution is 2.24. The number of hydrogen-bond acceptors (Lipinski definition) is 2. The minimum absolute atomic E-state index is 0.290. The largest absolute Gasteiger partial charge is 0.496 e. The van der Waals surface area contributed by atoms with E-state index < -0.39 is 5.82 Å². The second-order valence-electron chi connectivity index (χ2n) is 4.29. The fraction of sp³-hybridized carbons (Fsp3) is 0.188. The van der Waals surface area contributed by atoms with Crippen LogP contribution in [0.5, 0.6) is 5.75 Å². The minimum atomic E-state index is -0.391. The maximum absolute atomic E-state index is 13.9. The molecule has 0 saturated heterocycles. The monoisotopic (exact) mass is 258 g/mol. The van der Waals surface area contributed by atoms with Crippen molar-refractivity contribution in [3.8, 4) is 5.75 Å². The maximum atomic E-state index is 13.9. The van der Waals surface area contributed by atoms with E-state index in [9.17, 15) is 9.18 Å². The molecule has 2 nitrogen and oxygen atoms in total. The highest BCUT2D eigenvalue weighted by Gasteiger charge is 2.11. The van der Waals surface area contributed by atoms with E-state index in [2.05, 4.69) is 0 Å². The topological polar surface area (TPSA) is 26.3 Å². The van der Waals surface area contributed by atoms with E-state index >= 15 is 0 Å². The fourth-order valence-electron chi connectivity index (χ4n) is 2.04. The van der Waals surface area contributed by atoms with Gasteiger partial charge < -0.3 is 4.74 Å². The van der Waals surface area contributed by atoms with Crippen LogP contribution in [0.15, 0.2) is 42.5 Å². The van der Waals surface area contributed by atoms with Crippen LogP contribution < -0.4 is 4.74 Å². The van der Waals surface area contributed by atoms with Gasteiger partial charge in [-0.3, -0.25) is 4.79 Å². The van der Waals surface area contributed by atoms with E-state index in [1.54, 1.807) is 6.07 Å². The first-order chi connectivity index (χ1) is 9.24. The molecule has 2 aromatic carbocycles. The first-order valence-corrected chi connectivity index (χ1v) is 6.10. The van der Waals surface area contributed by atoms with Crippen molar-refractivity contribution in [2.24, 2.45) is 0 Å². The number of methoxy groups -OCH3 is 1. The summed E-state index contributed by atoms with van der Waals surface area (Å²) in [6, 6.07) is 12.7. The summed E-state index contributed by atoms with van der Waals surface area (Å²) in [7, 11) is 1.48. The van der Waals surface area contributed by atoms with Gasteiger partial charge in [-0.2, -0.15) is 0 Å². The van der Waals surface area contributed by atoms with Gasteiger partial charge in [0.1, 0.15) is 17.9 Å². The Labute approximate surface area is 111 Å². The van der Waals surface area contributed by atoms with Crippen LogP contribution in [0.3, 0.4) is 0 Å². The smallest absolute Gasteiger partial charge is 0.150 e. The molecule has 98 valence electrons. The van der Waals surface area contributed by atoms with Crippen molar-refractivity contribution in [1.29, 1.82) is 0 Å². The Morgan fingerprint density at radius 3 is 2.53 bits per heavy atom. The first kappa shape index (κ1) is 13.3. The minimum Gasteiger partial charge on any atom is -0.496 e. The normalized spacial score (nSPS) is 10.2. The predicted octanol–water partition coefficient (Wildman–Crippen LogP) is 3.43. The Kier molecular flexibility index (Phi) is 4.29. The van der Waals surface area contributed by atoms with Crippen molar-refractivity contribution >= 4 is 6.29 Å². The summed E-state index contributed by atoms with van der Waals surface area (Å²) in [5, 5.41) is 0. The van der Waals surface area contributed by atoms with Gasteiger partial charge in [0.15, 0.2) is 0 Å². The average molecular weight is 258 g/mol. The Balaban J connectivity index is 2.22. The third kappa shape index (κ3) is 3.19. The Morgan fingerprint density at radius 1 is 1.16 bits per heavy atom. The zero-order valence-electron chi connectivity index (χ0n) is 10.7. The lowest BCUT2D eigenvalue weighted by Gasteiger charge is -2.10. The number of aldehydes is 1. The molecule has 0 aliphatic carbocycles. The molecule has 19 heavy (non-hydrogen) atoms. The highest BCUT2D eigenvalue weighted by atomic mass is 19.1. The molecule has 0 saturated carbocycles. The van der Waals surface area contributed by atoms with E-state index in [-0.39, 0.29) is 5.56 Å². The molecule has 0 amide bonds. The second-order valence-corrected chi connectivity index (χ2v) is 4.29. The van der Waals surface area contributed by atoms with Gasteiger partial charge in [-0.05, 0) is 30.5 Å². The molecule has 0 fully saturated rings. The zero-order chi connectivity index (χ0) is 13.7. The Bertz CT molecular complexity index is 564. The molecule has 0 N–H and O–H groups in total. The average Bonchev–Trinajstić information content (AvgIpc) is 2.46. The molecule has 0 unspecified atom stereocenters. The fourth-order valence-corrected chi connectivity index (χ4v) is 2.04. The lowest BCUT2D eigenvalue weighted by atomic mass is 10.0. The molecular formula is C16H15FO2. The van der Waals surface area contributed by atoms with Crippen molar-refractivity contribution in [3.05, 3.63) is 65.0 Å². The molecule has 0 spiro atoms. The van der Waals surface area contributed by atoms with Crippen molar-refractivity contribution in [1.82, 2.24) is 0 Å². The number of halogens is 1. The van der Waals surface area contributed by atoms with Gasteiger partial charge in [0.2, 0.25) is 0 Å². The summed E-state index contributed by atoms with van der Waals surface area (Å²) in [5.41, 5.74) is 1.94. The van der Waals surface area contributed by atoms with Gasteiger partial charge in [-0.15, -0.1) is 0 Å². The van der Waals surface area contributed by atoms with Gasteiger partial charge in [0.05, 0.1) is 7.11 Å². The molecule has 0 aliphatic heterocycles. The van der Waals surface area contributed by atoms with Gasteiger partial charge >= 0.3 is 0 Å². The third-order valence-electron chi connectivity index (χ3n) is 3.04. The maximum Gasteiger partial charge on any atom is 0.150 e. The van der Waals surface area contributed by atoms with Crippen molar-refractivity contribution in [3.63, 3.8) is 0 Å². The molecular weight excluding hydrogens is 243 g/mol. The lowest BCUT2D eigenvalue weighted by molar-refractivity contribution is 0.112. The molecule has 2 aromatic rings. The standard InChI is InChI=1S/C16H15FO2/c1-19-16-10-13(11-18)9-15(17)14(16)8-7-12-5-3-2-4-6-12/h2-6,9-11H,7-8H2,1H3. The second kappa shape index (κ2) is 6.14. The third-order valence-corrected chi connectivity index (χ3v) is 3.04. The van der Waals surface area contributed by atoms with Crippen LogP contribution in [0, 0.1) is 5.82 Å². The summed E-state index contributed by atoms with van der Waals surface area (Å²) < 4.78 is 19.1. The van der Waals surface area contributed by atoms with Gasteiger partial charge in [0.25, 0.3) is 0 Å². The number of benzene rings is 2. The number of carbonyl (C=O) groups excluding carboxylic acids is 1. The number of aryl methyl sites for hydroxylation is 1. The van der Waals surface area contributed by atoms with Crippen LogP contribution in [0.4, 0.5) is 4.39 Å². The van der Waals surface area contributed by atoms with Crippen molar-refractivity contribution in [2.75, 3.05) is 7.11 Å². The lowest BCUT2D eigenvalue weighted by Crippen LogP contribution is -2.00. The van der Waals surface area contributed by atoms with Crippen LogP contribution >= 0.6 is 0 Å². The molecule has 0 bridgehead atoms. The van der Waals surface area contributed by atoms with E-state index in [0.29, 0.717) is 24.0 Å². The molecule has 0 atom stereocenters. The van der Waals surface area contributed by atoms with Crippen molar-refractivity contribution < 1.29 is 13.9 Å². The van der Waals surface area contributed by atoms with E-state index in [1.165, 1.54) is 13.2 Å². The molecule has 0 aromatic heterocycles. The highest BCUT2D eigenvalue weighted by molar-refractivity contribution is 5.76. The van der Waals surface area contributed by atoms with Crippen LogP contribution in [-0.2, 0) is 12.8 Å². The van der Waals surface area contributed by atoms with Crippen molar-refractivity contribution in [2.45, 2.75) is 12.8 Å². The summed E-state index contributed by atoms with van der Waals surface area (Å²) in [6.07, 6.45) is 1.89. The number of hydrogen-bond donors (Lipinski definition) is 0. The summed E-state index contributed by atoms with van der Waals surface area (Å²) >= 11 is 0. The van der Waals surface area contributed by atoms with Gasteiger partial charge in [-0.1, -0.05) is 30.3 Å². The SMILES string of the molecule is COc1cc(C=O)cc(F)c1CCc1ccccc1. The van der Waals surface area contributed by atoms with E-state index in [4.69, 9.17) is 4.74 Å². The summed E-state index contributed by atoms with van der Waals surface area (Å²) in [5.74, 6) is 0.0374. The van der Waals surface area contributed by atoms with Crippen LogP contribution in [-0.4, -0.2) is 13.4 Å². The Hall–Kier alpha value is -2.16. The van der Waals surface area contributed by atoms with E-state index in [1.807, 2.05) is 30.3 Å². The van der Waals surface area contributed by atoms with Gasteiger partial charge in [-0.25, -0.2) is 4.39 Å². The van der Waals surface area contributed by atoms with Crippen LogP contribution in [0.2, 0.25) is 0 Å². The van der Waals surface area contributed by atoms with Crippen LogP contribution in [0.25, 0.3) is 0 Å². The molecule has 3 heteroatoms. The molecule has 0 aliphatic rings. The molecule has 0 heterocycles. The zero-order valence-corrected chi connectivity index (χ0v) is 10.7. The van der Waals surface area contributed by atoms with E-state index in [0.717, 1.165) is 12.0 Å². The summed E-state index contributed by atoms with van der Waals surface area (Å²) in [4.78, 5) is 10.7. The first-order valence-electron chi connectivity index (χ1n) is 6.10.